The fraction of sp³-hybridized carbons (Fsp3) is 0.0164. The molecule has 312 valence electrons. The maximum atomic E-state index is 5.43. The molecule has 13 rings (SSSR count). The molecule has 0 amide bonds. The summed E-state index contributed by atoms with van der Waals surface area (Å²) in [6.45, 7) is 0. The van der Waals surface area contributed by atoms with Gasteiger partial charge in [0.05, 0.1) is 5.41 Å². The molecule has 0 unspecified atom stereocenters. The summed E-state index contributed by atoms with van der Waals surface area (Å²) in [6, 6.07) is 80.4. The van der Waals surface area contributed by atoms with E-state index in [1.165, 1.54) is 44.5 Å². The Labute approximate surface area is 388 Å². The summed E-state index contributed by atoms with van der Waals surface area (Å²) in [4.78, 5) is 30.9. The molecule has 0 saturated heterocycles. The molecule has 0 atom stereocenters. The first-order valence-corrected chi connectivity index (χ1v) is 22.5. The smallest absolute Gasteiger partial charge is 0.164 e. The lowest BCUT2D eigenvalue weighted by atomic mass is 9.69. The minimum Gasteiger partial charge on any atom is -0.208 e. The third kappa shape index (κ3) is 6.26. The molecule has 2 aromatic heterocycles. The van der Waals surface area contributed by atoms with Gasteiger partial charge in [-0.3, -0.25) is 0 Å². The molecule has 0 N–H and O–H groups in total. The Kier molecular flexibility index (Phi) is 8.96. The van der Waals surface area contributed by atoms with Crippen LogP contribution in [0.25, 0.3) is 102 Å². The number of hydrogen-bond acceptors (Lipinski definition) is 6. The largest absolute Gasteiger partial charge is 0.208 e. The zero-order valence-corrected chi connectivity index (χ0v) is 36.1. The molecular formula is C61H38N6. The van der Waals surface area contributed by atoms with E-state index >= 15 is 0 Å². The summed E-state index contributed by atoms with van der Waals surface area (Å²) in [5.74, 6) is 3.67. The van der Waals surface area contributed by atoms with Gasteiger partial charge in [-0.1, -0.05) is 218 Å². The van der Waals surface area contributed by atoms with E-state index in [4.69, 9.17) is 29.9 Å². The van der Waals surface area contributed by atoms with E-state index in [2.05, 4.69) is 152 Å². The quantitative estimate of drug-likeness (QED) is 0.159. The lowest BCUT2D eigenvalue weighted by Gasteiger charge is -2.31. The van der Waals surface area contributed by atoms with Gasteiger partial charge in [0.1, 0.15) is 0 Å². The second-order valence-corrected chi connectivity index (χ2v) is 17.0. The van der Waals surface area contributed by atoms with E-state index in [1.807, 2.05) is 78.9 Å². The molecule has 2 aliphatic rings. The molecule has 0 saturated carbocycles. The average Bonchev–Trinajstić information content (AvgIpc) is 3.89. The fourth-order valence-corrected chi connectivity index (χ4v) is 10.3. The molecule has 1 spiro atoms. The van der Waals surface area contributed by atoms with Crippen LogP contribution in [0.5, 0.6) is 0 Å². The Morgan fingerprint density at radius 1 is 0.209 bits per heavy atom. The molecule has 0 radical (unpaired) electrons. The van der Waals surface area contributed by atoms with E-state index in [0.29, 0.717) is 34.9 Å². The molecule has 2 heterocycles. The highest BCUT2D eigenvalue weighted by Crippen LogP contribution is 2.64. The van der Waals surface area contributed by atoms with Crippen molar-refractivity contribution in [1.82, 2.24) is 29.9 Å². The van der Waals surface area contributed by atoms with Crippen molar-refractivity contribution in [2.45, 2.75) is 5.41 Å². The Bertz CT molecular complexity index is 3580. The molecule has 0 fully saturated rings. The second-order valence-electron chi connectivity index (χ2n) is 17.0. The Hall–Kier alpha value is -9.00. The van der Waals surface area contributed by atoms with E-state index < -0.39 is 5.41 Å². The number of rotatable bonds is 7. The first-order valence-electron chi connectivity index (χ1n) is 22.5. The van der Waals surface area contributed by atoms with Crippen molar-refractivity contribution in [3.8, 4) is 102 Å². The number of aromatic nitrogens is 6. The van der Waals surface area contributed by atoms with Gasteiger partial charge in [-0.25, -0.2) is 29.9 Å². The predicted octanol–water partition coefficient (Wildman–Crippen LogP) is 14.1. The third-order valence-corrected chi connectivity index (χ3v) is 13.2. The standard InChI is InChI=1S/C61H38N6/c1-4-19-39(20-5-1)55-62-56(40-21-6-2-7-22-40)64-58(63-55)44-27-16-25-42(37-44)43-26-17-28-45(38-43)59-65-57(41-23-8-3-9-24-41)66-60(67-59)50-33-18-32-49-48-31-12-15-36-53(48)61(54(49)50)51-34-13-10-29-46(51)47-30-11-14-35-52(47)61/h1-38H. The lowest BCUT2D eigenvalue weighted by molar-refractivity contribution is 0.794. The van der Waals surface area contributed by atoms with E-state index in [9.17, 15) is 0 Å². The number of hydrogen-bond donors (Lipinski definition) is 0. The van der Waals surface area contributed by atoms with Crippen molar-refractivity contribution < 1.29 is 0 Å². The maximum Gasteiger partial charge on any atom is 0.164 e. The minimum atomic E-state index is -0.567. The topological polar surface area (TPSA) is 77.3 Å². The number of fused-ring (bicyclic) bond motifs is 10. The SMILES string of the molecule is c1ccc(-c2nc(-c3ccccc3)nc(-c3cccc(-c4cccc(-c5nc(-c6ccccc6)nc(-c6cccc7c6C6(c8ccccc8-c8ccccc86)c6ccccc6-7)n5)c4)c3)n2)cc1. The van der Waals surface area contributed by atoms with Crippen molar-refractivity contribution in [1.29, 1.82) is 0 Å². The van der Waals surface area contributed by atoms with Gasteiger partial charge in [0.2, 0.25) is 0 Å². The van der Waals surface area contributed by atoms with Crippen LogP contribution < -0.4 is 0 Å². The first-order chi connectivity index (χ1) is 33.2. The Morgan fingerprint density at radius 3 is 0.925 bits per heavy atom. The zero-order chi connectivity index (χ0) is 44.3. The predicted molar refractivity (Wildman–Crippen MR) is 268 cm³/mol. The van der Waals surface area contributed by atoms with Gasteiger partial charge in [0, 0.05) is 33.4 Å². The molecule has 2 aliphatic carbocycles. The normalized spacial score (nSPS) is 12.6. The Morgan fingerprint density at radius 2 is 0.493 bits per heavy atom. The first kappa shape index (κ1) is 38.5. The number of benzene rings is 9. The van der Waals surface area contributed by atoms with E-state index in [1.54, 1.807) is 0 Å². The van der Waals surface area contributed by atoms with Crippen molar-refractivity contribution in [3.63, 3.8) is 0 Å². The fourth-order valence-electron chi connectivity index (χ4n) is 10.3. The minimum absolute atomic E-state index is 0.567. The van der Waals surface area contributed by atoms with E-state index in [0.717, 1.165) is 44.5 Å². The number of nitrogens with zero attached hydrogens (tertiary/aromatic N) is 6. The zero-order valence-electron chi connectivity index (χ0n) is 36.1. The van der Waals surface area contributed by atoms with Gasteiger partial charge in [-0.15, -0.1) is 0 Å². The highest BCUT2D eigenvalue weighted by molar-refractivity contribution is 5.98. The van der Waals surface area contributed by atoms with Crippen LogP contribution in [0.1, 0.15) is 22.3 Å². The van der Waals surface area contributed by atoms with Crippen LogP contribution in [-0.2, 0) is 5.41 Å². The summed E-state index contributed by atoms with van der Waals surface area (Å²) in [7, 11) is 0. The van der Waals surface area contributed by atoms with Gasteiger partial charge in [0.15, 0.2) is 34.9 Å². The molecule has 11 aromatic rings. The molecule has 67 heavy (non-hydrogen) atoms. The van der Waals surface area contributed by atoms with Crippen LogP contribution in [0.4, 0.5) is 0 Å². The Balaban J connectivity index is 0.967. The van der Waals surface area contributed by atoms with Gasteiger partial charge in [0.25, 0.3) is 0 Å². The van der Waals surface area contributed by atoms with Crippen molar-refractivity contribution in [2.24, 2.45) is 0 Å². The molecule has 6 heteroatoms. The van der Waals surface area contributed by atoms with Crippen LogP contribution in [0, 0.1) is 0 Å². The summed E-state index contributed by atoms with van der Waals surface area (Å²) in [6.07, 6.45) is 0. The maximum absolute atomic E-state index is 5.43. The highest BCUT2D eigenvalue weighted by atomic mass is 15.0. The molecular weight excluding hydrogens is 817 g/mol. The van der Waals surface area contributed by atoms with E-state index in [-0.39, 0.29) is 0 Å². The molecule has 0 aliphatic heterocycles. The molecule has 9 aromatic carbocycles. The molecule has 6 nitrogen and oxygen atoms in total. The van der Waals surface area contributed by atoms with Crippen LogP contribution >= 0.6 is 0 Å². The summed E-state index contributed by atoms with van der Waals surface area (Å²) >= 11 is 0. The monoisotopic (exact) mass is 854 g/mol. The van der Waals surface area contributed by atoms with Crippen LogP contribution in [0.2, 0.25) is 0 Å². The molecule has 0 bridgehead atoms. The third-order valence-electron chi connectivity index (χ3n) is 13.2. The van der Waals surface area contributed by atoms with Crippen LogP contribution in [0.3, 0.4) is 0 Å². The van der Waals surface area contributed by atoms with Crippen molar-refractivity contribution in [3.05, 3.63) is 253 Å². The van der Waals surface area contributed by atoms with Gasteiger partial charge >= 0.3 is 0 Å². The summed E-state index contributed by atoms with van der Waals surface area (Å²) in [5.41, 5.74) is 16.9. The van der Waals surface area contributed by atoms with Crippen molar-refractivity contribution >= 4 is 0 Å². The van der Waals surface area contributed by atoms with Crippen molar-refractivity contribution in [2.75, 3.05) is 0 Å². The summed E-state index contributed by atoms with van der Waals surface area (Å²) in [5, 5.41) is 0. The van der Waals surface area contributed by atoms with Crippen LogP contribution in [0.15, 0.2) is 231 Å². The second kappa shape index (κ2) is 15.6. The highest BCUT2D eigenvalue weighted by Gasteiger charge is 2.52. The lowest BCUT2D eigenvalue weighted by Crippen LogP contribution is -2.26. The average molecular weight is 855 g/mol. The van der Waals surface area contributed by atoms with Gasteiger partial charge < -0.3 is 0 Å². The summed E-state index contributed by atoms with van der Waals surface area (Å²) < 4.78 is 0. The van der Waals surface area contributed by atoms with Gasteiger partial charge in [-0.2, -0.15) is 0 Å². The van der Waals surface area contributed by atoms with Crippen LogP contribution in [-0.4, -0.2) is 29.9 Å². The van der Waals surface area contributed by atoms with Gasteiger partial charge in [-0.05, 0) is 67.8 Å².